The van der Waals surface area contributed by atoms with E-state index in [-0.39, 0.29) is 11.9 Å². The van der Waals surface area contributed by atoms with Crippen LogP contribution in [0.25, 0.3) is 0 Å². The van der Waals surface area contributed by atoms with Crippen molar-refractivity contribution in [2.75, 3.05) is 14.2 Å². The fourth-order valence-corrected chi connectivity index (χ4v) is 2.63. The van der Waals surface area contributed by atoms with E-state index in [1.165, 1.54) is 6.07 Å². The molecular formula is C17H19BrFNO. The first-order valence-corrected chi connectivity index (χ1v) is 7.59. The van der Waals surface area contributed by atoms with Gasteiger partial charge in [0.15, 0.2) is 0 Å². The van der Waals surface area contributed by atoms with Gasteiger partial charge in [0.1, 0.15) is 11.6 Å². The number of halogens is 2. The number of nitrogens with zero attached hydrogens (tertiary/aromatic N) is 1. The quantitative estimate of drug-likeness (QED) is 0.767. The van der Waals surface area contributed by atoms with Gasteiger partial charge in [0, 0.05) is 22.6 Å². The van der Waals surface area contributed by atoms with Crippen LogP contribution in [-0.2, 0) is 6.54 Å². The van der Waals surface area contributed by atoms with Crippen LogP contribution in [0.5, 0.6) is 5.75 Å². The van der Waals surface area contributed by atoms with Crippen molar-refractivity contribution in [3.8, 4) is 5.75 Å². The number of rotatable bonds is 5. The molecule has 0 spiro atoms. The molecule has 0 radical (unpaired) electrons. The van der Waals surface area contributed by atoms with Crippen LogP contribution in [0.4, 0.5) is 4.39 Å². The summed E-state index contributed by atoms with van der Waals surface area (Å²) >= 11 is 3.55. The van der Waals surface area contributed by atoms with E-state index in [4.69, 9.17) is 4.74 Å². The van der Waals surface area contributed by atoms with Crippen LogP contribution in [0.2, 0.25) is 0 Å². The van der Waals surface area contributed by atoms with Gasteiger partial charge in [-0.2, -0.15) is 0 Å². The summed E-state index contributed by atoms with van der Waals surface area (Å²) in [6.45, 7) is 2.71. The molecule has 2 aromatic carbocycles. The van der Waals surface area contributed by atoms with Gasteiger partial charge in [0.2, 0.25) is 0 Å². The number of benzene rings is 2. The summed E-state index contributed by atoms with van der Waals surface area (Å²) in [6, 6.07) is 12.8. The van der Waals surface area contributed by atoms with E-state index < -0.39 is 0 Å². The molecule has 0 N–H and O–H groups in total. The Morgan fingerprint density at radius 3 is 2.62 bits per heavy atom. The lowest BCUT2D eigenvalue weighted by atomic mass is 10.1. The van der Waals surface area contributed by atoms with Crippen molar-refractivity contribution in [1.82, 2.24) is 4.90 Å². The lowest BCUT2D eigenvalue weighted by molar-refractivity contribution is 0.247. The molecule has 0 heterocycles. The second-order valence-electron chi connectivity index (χ2n) is 5.07. The lowest BCUT2D eigenvalue weighted by Crippen LogP contribution is -2.23. The molecule has 0 saturated carbocycles. The lowest BCUT2D eigenvalue weighted by Gasteiger charge is -2.26. The second kappa shape index (κ2) is 7.05. The topological polar surface area (TPSA) is 12.5 Å². The number of ether oxygens (including phenoxy) is 1. The molecule has 1 atom stereocenters. The van der Waals surface area contributed by atoms with Crippen LogP contribution in [0, 0.1) is 5.82 Å². The SMILES string of the molecule is COc1ccc(Br)c(CN(C)C(C)c2ccccc2F)c1. The van der Waals surface area contributed by atoms with E-state index in [2.05, 4.69) is 20.8 Å². The Labute approximate surface area is 133 Å². The minimum atomic E-state index is -0.165. The molecule has 1 unspecified atom stereocenters. The fourth-order valence-electron chi connectivity index (χ4n) is 2.26. The average molecular weight is 352 g/mol. The highest BCUT2D eigenvalue weighted by atomic mass is 79.9. The van der Waals surface area contributed by atoms with Crippen molar-refractivity contribution >= 4 is 15.9 Å². The predicted octanol–water partition coefficient (Wildman–Crippen LogP) is 4.79. The zero-order chi connectivity index (χ0) is 15.4. The maximum atomic E-state index is 13.9. The zero-order valence-corrected chi connectivity index (χ0v) is 14.0. The number of methoxy groups -OCH3 is 1. The molecule has 2 rings (SSSR count). The van der Waals surface area contributed by atoms with Crippen molar-refractivity contribution in [3.05, 3.63) is 63.9 Å². The van der Waals surface area contributed by atoms with E-state index >= 15 is 0 Å². The summed E-state index contributed by atoms with van der Waals surface area (Å²) in [5.74, 6) is 0.654. The molecule has 0 aliphatic heterocycles. The molecule has 21 heavy (non-hydrogen) atoms. The summed E-state index contributed by atoms with van der Waals surface area (Å²) in [4.78, 5) is 2.11. The van der Waals surface area contributed by atoms with Crippen molar-refractivity contribution in [2.24, 2.45) is 0 Å². The van der Waals surface area contributed by atoms with Crippen LogP contribution in [0.1, 0.15) is 24.1 Å². The smallest absolute Gasteiger partial charge is 0.127 e. The molecule has 0 bridgehead atoms. The highest BCUT2D eigenvalue weighted by Crippen LogP contribution is 2.27. The highest BCUT2D eigenvalue weighted by Gasteiger charge is 2.16. The molecule has 0 aromatic heterocycles. The molecule has 0 amide bonds. The van der Waals surface area contributed by atoms with Gasteiger partial charge in [0.05, 0.1) is 7.11 Å². The summed E-state index contributed by atoms with van der Waals surface area (Å²) in [6.07, 6.45) is 0. The third-order valence-electron chi connectivity index (χ3n) is 3.69. The Hall–Kier alpha value is -1.39. The van der Waals surface area contributed by atoms with E-state index in [1.54, 1.807) is 13.2 Å². The molecule has 112 valence electrons. The van der Waals surface area contributed by atoms with Crippen LogP contribution < -0.4 is 4.74 Å². The van der Waals surface area contributed by atoms with E-state index in [9.17, 15) is 4.39 Å². The first kappa shape index (κ1) is 16.0. The minimum Gasteiger partial charge on any atom is -0.497 e. The standard InChI is InChI=1S/C17H19BrFNO/c1-12(15-6-4-5-7-17(15)19)20(2)11-13-10-14(21-3)8-9-16(13)18/h4-10,12H,11H2,1-3H3. The van der Waals surface area contributed by atoms with E-state index in [0.29, 0.717) is 12.1 Å². The maximum Gasteiger partial charge on any atom is 0.127 e. The Morgan fingerprint density at radius 2 is 1.95 bits per heavy atom. The minimum absolute atomic E-state index is 0.00991. The molecule has 0 aliphatic rings. The maximum absolute atomic E-state index is 13.9. The largest absolute Gasteiger partial charge is 0.497 e. The van der Waals surface area contributed by atoms with Crippen LogP contribution in [-0.4, -0.2) is 19.1 Å². The predicted molar refractivity (Wildman–Crippen MR) is 87.0 cm³/mol. The van der Waals surface area contributed by atoms with Crippen molar-refractivity contribution in [2.45, 2.75) is 19.5 Å². The Bertz CT molecular complexity index is 617. The van der Waals surface area contributed by atoms with Gasteiger partial charge < -0.3 is 4.74 Å². The summed E-state index contributed by atoms with van der Waals surface area (Å²) < 4.78 is 20.2. The van der Waals surface area contributed by atoms with Gasteiger partial charge >= 0.3 is 0 Å². The van der Waals surface area contributed by atoms with Gasteiger partial charge in [-0.05, 0) is 43.8 Å². The number of hydrogen-bond acceptors (Lipinski definition) is 2. The molecule has 4 heteroatoms. The van der Waals surface area contributed by atoms with Gasteiger partial charge in [-0.15, -0.1) is 0 Å². The molecule has 0 saturated heterocycles. The first-order valence-electron chi connectivity index (χ1n) is 6.80. The highest BCUT2D eigenvalue weighted by molar-refractivity contribution is 9.10. The second-order valence-corrected chi connectivity index (χ2v) is 5.92. The Morgan fingerprint density at radius 1 is 1.24 bits per heavy atom. The van der Waals surface area contributed by atoms with Crippen molar-refractivity contribution < 1.29 is 9.13 Å². The van der Waals surface area contributed by atoms with Crippen LogP contribution in [0.15, 0.2) is 46.9 Å². The Balaban J connectivity index is 2.18. The summed E-state index contributed by atoms with van der Waals surface area (Å²) in [7, 11) is 3.64. The number of hydrogen-bond donors (Lipinski definition) is 0. The molecule has 0 aliphatic carbocycles. The van der Waals surface area contributed by atoms with Gasteiger partial charge in [-0.25, -0.2) is 4.39 Å². The van der Waals surface area contributed by atoms with E-state index in [1.807, 2.05) is 44.3 Å². The third-order valence-corrected chi connectivity index (χ3v) is 4.46. The summed E-state index contributed by atoms with van der Waals surface area (Å²) in [5, 5.41) is 0. The third kappa shape index (κ3) is 3.83. The first-order chi connectivity index (χ1) is 10.0. The monoisotopic (exact) mass is 351 g/mol. The van der Waals surface area contributed by atoms with Crippen LogP contribution >= 0.6 is 15.9 Å². The van der Waals surface area contributed by atoms with Gasteiger partial charge in [-0.1, -0.05) is 34.1 Å². The van der Waals surface area contributed by atoms with Crippen LogP contribution in [0.3, 0.4) is 0 Å². The normalized spacial score (nSPS) is 12.5. The average Bonchev–Trinajstić information content (AvgIpc) is 2.49. The molecular weight excluding hydrogens is 333 g/mol. The van der Waals surface area contributed by atoms with Gasteiger partial charge in [0.25, 0.3) is 0 Å². The van der Waals surface area contributed by atoms with E-state index in [0.717, 1.165) is 15.8 Å². The van der Waals surface area contributed by atoms with Gasteiger partial charge in [-0.3, -0.25) is 4.90 Å². The molecule has 2 aromatic rings. The Kier molecular flexibility index (Phi) is 5.37. The molecule has 2 nitrogen and oxygen atoms in total. The zero-order valence-electron chi connectivity index (χ0n) is 12.4. The fraction of sp³-hybridized carbons (Fsp3) is 0.294. The summed E-state index contributed by atoms with van der Waals surface area (Å²) in [5.41, 5.74) is 1.82. The molecule has 0 fully saturated rings. The van der Waals surface area contributed by atoms with Crippen molar-refractivity contribution in [1.29, 1.82) is 0 Å². The van der Waals surface area contributed by atoms with Crippen molar-refractivity contribution in [3.63, 3.8) is 0 Å².